The Balaban J connectivity index is 2.52. The van der Waals surface area contributed by atoms with E-state index in [9.17, 15) is 8.42 Å². The van der Waals surface area contributed by atoms with E-state index in [1.54, 1.807) is 6.92 Å². The van der Waals surface area contributed by atoms with Crippen LogP contribution in [0.4, 0.5) is 5.69 Å². The first-order valence-electron chi connectivity index (χ1n) is 5.67. The van der Waals surface area contributed by atoms with Crippen molar-refractivity contribution < 1.29 is 8.42 Å². The lowest BCUT2D eigenvalue weighted by Gasteiger charge is -2.12. The molecule has 1 N–H and O–H groups in total. The average molecular weight is 320 g/mol. The number of sulfone groups is 1. The van der Waals surface area contributed by atoms with Gasteiger partial charge in [-0.3, -0.25) is 0 Å². The Hall–Kier alpha value is -0.550. The van der Waals surface area contributed by atoms with Crippen LogP contribution in [0.15, 0.2) is 28.7 Å². The van der Waals surface area contributed by atoms with Crippen LogP contribution in [0.1, 0.15) is 20.3 Å². The predicted molar refractivity (Wildman–Crippen MR) is 76.2 cm³/mol. The van der Waals surface area contributed by atoms with Crippen LogP contribution in [-0.4, -0.2) is 26.0 Å². The zero-order valence-corrected chi connectivity index (χ0v) is 12.5. The molecule has 0 aliphatic rings. The van der Waals surface area contributed by atoms with Crippen LogP contribution in [0.5, 0.6) is 0 Å². The van der Waals surface area contributed by atoms with Gasteiger partial charge in [0.05, 0.1) is 11.0 Å². The highest BCUT2D eigenvalue weighted by Gasteiger charge is 2.18. The van der Waals surface area contributed by atoms with Gasteiger partial charge in [-0.2, -0.15) is 0 Å². The van der Waals surface area contributed by atoms with Crippen molar-refractivity contribution in [3.8, 4) is 0 Å². The summed E-state index contributed by atoms with van der Waals surface area (Å²) in [6, 6.07) is 7.67. The second-order valence-corrected chi connectivity index (χ2v) is 7.39. The first-order chi connectivity index (χ1) is 7.97. The number of rotatable bonds is 6. The standard InChI is InChI=1S/C12H18BrNO2S/c1-3-10(2)17(15,16)9-8-14-12-7-5-4-6-11(12)13/h4-7,10,14H,3,8-9H2,1-2H3. The summed E-state index contributed by atoms with van der Waals surface area (Å²) >= 11 is 3.41. The van der Waals surface area contributed by atoms with Crippen molar-refractivity contribution in [1.29, 1.82) is 0 Å². The van der Waals surface area contributed by atoms with Crippen molar-refractivity contribution in [2.75, 3.05) is 17.6 Å². The lowest BCUT2D eigenvalue weighted by atomic mass is 10.3. The van der Waals surface area contributed by atoms with Crippen LogP contribution in [-0.2, 0) is 9.84 Å². The highest BCUT2D eigenvalue weighted by molar-refractivity contribution is 9.10. The van der Waals surface area contributed by atoms with Gasteiger partial charge in [0.1, 0.15) is 0 Å². The number of hydrogen-bond donors (Lipinski definition) is 1. The van der Waals surface area contributed by atoms with Gasteiger partial charge in [-0.1, -0.05) is 19.1 Å². The molecular weight excluding hydrogens is 302 g/mol. The van der Waals surface area contributed by atoms with Gasteiger partial charge >= 0.3 is 0 Å². The van der Waals surface area contributed by atoms with Gasteiger partial charge in [0, 0.05) is 16.7 Å². The Morgan fingerprint density at radius 1 is 1.35 bits per heavy atom. The van der Waals surface area contributed by atoms with E-state index in [0.717, 1.165) is 10.2 Å². The normalized spacial score (nSPS) is 13.4. The molecule has 1 aromatic carbocycles. The summed E-state index contributed by atoms with van der Waals surface area (Å²) in [5.41, 5.74) is 0.923. The lowest BCUT2D eigenvalue weighted by Crippen LogP contribution is -2.24. The molecule has 0 bridgehead atoms. The van der Waals surface area contributed by atoms with Gasteiger partial charge < -0.3 is 5.32 Å². The summed E-state index contributed by atoms with van der Waals surface area (Å²) < 4.78 is 24.5. The summed E-state index contributed by atoms with van der Waals surface area (Å²) in [5, 5.41) is 2.86. The molecule has 1 atom stereocenters. The maximum absolute atomic E-state index is 11.8. The molecule has 5 heteroatoms. The van der Waals surface area contributed by atoms with Crippen LogP contribution >= 0.6 is 15.9 Å². The molecule has 1 aromatic rings. The molecule has 0 radical (unpaired) electrons. The highest BCUT2D eigenvalue weighted by Crippen LogP contribution is 2.20. The number of anilines is 1. The van der Waals surface area contributed by atoms with E-state index in [-0.39, 0.29) is 11.0 Å². The van der Waals surface area contributed by atoms with E-state index in [0.29, 0.717) is 13.0 Å². The fourth-order valence-electron chi connectivity index (χ4n) is 1.39. The maximum Gasteiger partial charge on any atom is 0.154 e. The smallest absolute Gasteiger partial charge is 0.154 e. The summed E-state index contributed by atoms with van der Waals surface area (Å²) in [7, 11) is -2.97. The molecule has 0 aromatic heterocycles. The van der Waals surface area contributed by atoms with E-state index < -0.39 is 9.84 Å². The third-order valence-corrected chi connectivity index (χ3v) is 5.79. The minimum absolute atomic E-state index is 0.170. The van der Waals surface area contributed by atoms with Gasteiger partial charge in [-0.25, -0.2) is 8.42 Å². The Morgan fingerprint density at radius 3 is 2.59 bits per heavy atom. The summed E-state index contributed by atoms with van der Waals surface area (Å²) in [6.07, 6.45) is 0.664. The van der Waals surface area contributed by atoms with E-state index in [4.69, 9.17) is 0 Å². The molecule has 0 spiro atoms. The number of para-hydroxylation sites is 1. The topological polar surface area (TPSA) is 46.2 Å². The van der Waals surface area contributed by atoms with Crippen molar-refractivity contribution in [2.24, 2.45) is 0 Å². The molecule has 3 nitrogen and oxygen atoms in total. The van der Waals surface area contributed by atoms with Crippen molar-refractivity contribution in [1.82, 2.24) is 0 Å². The van der Waals surface area contributed by atoms with Gasteiger partial charge in [0.2, 0.25) is 0 Å². The molecule has 17 heavy (non-hydrogen) atoms. The number of halogens is 1. The largest absolute Gasteiger partial charge is 0.383 e. The quantitative estimate of drug-likeness (QED) is 0.876. The van der Waals surface area contributed by atoms with Crippen LogP contribution in [0.25, 0.3) is 0 Å². The molecule has 0 aliphatic heterocycles. The Morgan fingerprint density at radius 2 is 2.00 bits per heavy atom. The van der Waals surface area contributed by atoms with Gasteiger partial charge in [-0.05, 0) is 41.4 Å². The molecule has 1 rings (SSSR count). The Bertz CT molecular complexity index is 459. The minimum atomic E-state index is -2.97. The molecule has 1 unspecified atom stereocenters. The molecule has 0 heterocycles. The van der Waals surface area contributed by atoms with Crippen LogP contribution in [0.3, 0.4) is 0 Å². The minimum Gasteiger partial charge on any atom is -0.383 e. The monoisotopic (exact) mass is 319 g/mol. The summed E-state index contributed by atoms with van der Waals surface area (Å²) in [5.74, 6) is 0.170. The highest BCUT2D eigenvalue weighted by atomic mass is 79.9. The van der Waals surface area contributed by atoms with Crippen molar-refractivity contribution >= 4 is 31.5 Å². The molecule has 0 aliphatic carbocycles. The molecule has 0 amide bonds. The Kier molecular flexibility index (Phi) is 5.46. The predicted octanol–water partition coefficient (Wildman–Crippen LogP) is 3.07. The zero-order chi connectivity index (χ0) is 12.9. The molecule has 0 saturated heterocycles. The zero-order valence-electron chi connectivity index (χ0n) is 10.1. The number of hydrogen-bond acceptors (Lipinski definition) is 3. The van der Waals surface area contributed by atoms with Crippen LogP contribution < -0.4 is 5.32 Å². The molecular formula is C12H18BrNO2S. The van der Waals surface area contributed by atoms with E-state index in [1.807, 2.05) is 31.2 Å². The van der Waals surface area contributed by atoms with Gasteiger partial charge in [0.15, 0.2) is 9.84 Å². The summed E-state index contributed by atoms with van der Waals surface area (Å²) in [6.45, 7) is 4.09. The fraction of sp³-hybridized carbons (Fsp3) is 0.500. The van der Waals surface area contributed by atoms with Crippen molar-refractivity contribution in [2.45, 2.75) is 25.5 Å². The molecule has 0 saturated carbocycles. The maximum atomic E-state index is 11.8. The third-order valence-electron chi connectivity index (χ3n) is 2.76. The molecule has 96 valence electrons. The second-order valence-electron chi connectivity index (χ2n) is 3.99. The Labute approximate surface area is 112 Å². The second kappa shape index (κ2) is 6.40. The number of benzene rings is 1. The van der Waals surface area contributed by atoms with Gasteiger partial charge in [-0.15, -0.1) is 0 Å². The van der Waals surface area contributed by atoms with Crippen LogP contribution in [0, 0.1) is 0 Å². The van der Waals surface area contributed by atoms with E-state index >= 15 is 0 Å². The fourth-order valence-corrected chi connectivity index (χ4v) is 3.11. The van der Waals surface area contributed by atoms with E-state index in [2.05, 4.69) is 21.2 Å². The average Bonchev–Trinajstić information content (AvgIpc) is 2.30. The SMILES string of the molecule is CCC(C)S(=O)(=O)CCNc1ccccc1Br. The van der Waals surface area contributed by atoms with Crippen molar-refractivity contribution in [3.05, 3.63) is 28.7 Å². The summed E-state index contributed by atoms with van der Waals surface area (Å²) in [4.78, 5) is 0. The van der Waals surface area contributed by atoms with Gasteiger partial charge in [0.25, 0.3) is 0 Å². The first kappa shape index (κ1) is 14.5. The van der Waals surface area contributed by atoms with Crippen LogP contribution in [0.2, 0.25) is 0 Å². The first-order valence-corrected chi connectivity index (χ1v) is 8.18. The lowest BCUT2D eigenvalue weighted by molar-refractivity contribution is 0.581. The third kappa shape index (κ3) is 4.32. The molecule has 0 fully saturated rings. The number of nitrogens with one attached hydrogen (secondary N) is 1. The van der Waals surface area contributed by atoms with E-state index in [1.165, 1.54) is 0 Å². The van der Waals surface area contributed by atoms with Crippen molar-refractivity contribution in [3.63, 3.8) is 0 Å².